The van der Waals surface area contributed by atoms with Crippen LogP contribution in [0, 0.1) is 17.1 Å². The molecule has 0 aliphatic heterocycles. The Labute approximate surface area is 105 Å². The lowest BCUT2D eigenvalue weighted by Crippen LogP contribution is -2.16. The van der Waals surface area contributed by atoms with Crippen LogP contribution < -0.4 is 4.90 Å². The van der Waals surface area contributed by atoms with Gasteiger partial charge in [-0.05, 0) is 37.3 Å². The monoisotopic (exact) mass is 241 g/mol. The zero-order chi connectivity index (χ0) is 13.0. The summed E-state index contributed by atoms with van der Waals surface area (Å²) in [6.07, 6.45) is 1.62. The predicted octanol–water partition coefficient (Wildman–Crippen LogP) is 3.25. The predicted molar refractivity (Wildman–Crippen MR) is 68.0 cm³/mol. The van der Waals surface area contributed by atoms with Crippen LogP contribution in [-0.4, -0.2) is 11.5 Å². The molecule has 0 amide bonds. The van der Waals surface area contributed by atoms with Crippen molar-refractivity contribution in [3.05, 3.63) is 54.1 Å². The highest BCUT2D eigenvalue weighted by atomic mass is 19.1. The average Bonchev–Trinajstić information content (AvgIpc) is 2.40. The molecule has 4 heteroatoms. The third-order valence-corrected chi connectivity index (χ3v) is 2.61. The fourth-order valence-corrected chi connectivity index (χ4v) is 1.77. The number of aromatic nitrogens is 1. The highest BCUT2D eigenvalue weighted by Gasteiger charge is 2.08. The van der Waals surface area contributed by atoms with E-state index in [1.165, 1.54) is 12.1 Å². The fourth-order valence-electron chi connectivity index (χ4n) is 1.77. The van der Waals surface area contributed by atoms with Crippen molar-refractivity contribution in [2.24, 2.45) is 0 Å². The first-order chi connectivity index (χ1) is 8.74. The van der Waals surface area contributed by atoms with Gasteiger partial charge in [0.15, 0.2) is 0 Å². The second-order valence-corrected chi connectivity index (χ2v) is 3.74. The third kappa shape index (κ3) is 2.46. The van der Waals surface area contributed by atoms with Crippen LogP contribution in [-0.2, 0) is 0 Å². The van der Waals surface area contributed by atoms with Gasteiger partial charge in [-0.15, -0.1) is 0 Å². The third-order valence-electron chi connectivity index (χ3n) is 2.61. The van der Waals surface area contributed by atoms with E-state index < -0.39 is 0 Å². The van der Waals surface area contributed by atoms with Crippen LogP contribution in [0.15, 0.2) is 42.6 Å². The van der Waals surface area contributed by atoms with E-state index in [0.717, 1.165) is 11.4 Å². The zero-order valence-corrected chi connectivity index (χ0v) is 9.97. The van der Waals surface area contributed by atoms with Crippen molar-refractivity contribution in [2.45, 2.75) is 6.92 Å². The largest absolute Gasteiger partial charge is 0.340 e. The van der Waals surface area contributed by atoms with Gasteiger partial charge in [-0.25, -0.2) is 9.37 Å². The molecule has 0 spiro atoms. The molecule has 18 heavy (non-hydrogen) atoms. The number of rotatable bonds is 3. The van der Waals surface area contributed by atoms with Crippen molar-refractivity contribution in [3.63, 3.8) is 0 Å². The lowest BCUT2D eigenvalue weighted by atomic mass is 10.2. The van der Waals surface area contributed by atoms with Crippen molar-refractivity contribution in [2.75, 3.05) is 11.4 Å². The highest BCUT2D eigenvalue weighted by Crippen LogP contribution is 2.24. The molecule has 0 radical (unpaired) electrons. The Hall–Kier alpha value is -2.41. The summed E-state index contributed by atoms with van der Waals surface area (Å²) in [7, 11) is 0. The first kappa shape index (κ1) is 12.1. The maximum absolute atomic E-state index is 13.2. The van der Waals surface area contributed by atoms with Gasteiger partial charge in [-0.1, -0.05) is 6.07 Å². The van der Waals surface area contributed by atoms with Gasteiger partial charge < -0.3 is 4.90 Å². The number of nitriles is 1. The molecule has 0 aliphatic rings. The van der Waals surface area contributed by atoms with Crippen molar-refractivity contribution >= 4 is 11.4 Å². The Kier molecular flexibility index (Phi) is 3.54. The fraction of sp³-hybridized carbons (Fsp3) is 0.143. The van der Waals surface area contributed by atoms with Crippen molar-refractivity contribution in [3.8, 4) is 6.07 Å². The van der Waals surface area contributed by atoms with Crippen molar-refractivity contribution in [1.82, 2.24) is 4.98 Å². The molecule has 0 N–H and O–H groups in total. The molecule has 1 aromatic heterocycles. The first-order valence-electron chi connectivity index (χ1n) is 5.64. The second kappa shape index (κ2) is 5.28. The molecule has 2 rings (SSSR count). The second-order valence-electron chi connectivity index (χ2n) is 3.74. The van der Waals surface area contributed by atoms with E-state index in [1.54, 1.807) is 24.4 Å². The topological polar surface area (TPSA) is 39.9 Å². The van der Waals surface area contributed by atoms with Gasteiger partial charge in [0.25, 0.3) is 0 Å². The molecular formula is C14H12FN3. The molecule has 0 atom stereocenters. The van der Waals surface area contributed by atoms with Crippen LogP contribution in [0.1, 0.15) is 12.6 Å². The first-order valence-corrected chi connectivity index (χ1v) is 5.64. The maximum atomic E-state index is 13.2. The van der Waals surface area contributed by atoms with E-state index in [1.807, 2.05) is 24.0 Å². The Bertz CT molecular complexity index is 572. The van der Waals surface area contributed by atoms with E-state index >= 15 is 0 Å². The molecule has 0 fully saturated rings. The van der Waals surface area contributed by atoms with E-state index in [4.69, 9.17) is 5.26 Å². The number of hydrogen-bond acceptors (Lipinski definition) is 3. The van der Waals surface area contributed by atoms with E-state index in [9.17, 15) is 4.39 Å². The Morgan fingerprint density at radius 1 is 1.28 bits per heavy atom. The lowest BCUT2D eigenvalue weighted by Gasteiger charge is -2.22. The minimum absolute atomic E-state index is 0.271. The molecule has 2 aromatic rings. The summed E-state index contributed by atoms with van der Waals surface area (Å²) < 4.78 is 13.2. The van der Waals surface area contributed by atoms with E-state index in [2.05, 4.69) is 4.98 Å². The molecule has 0 aliphatic carbocycles. The van der Waals surface area contributed by atoms with Crippen LogP contribution in [0.4, 0.5) is 15.8 Å². The SMILES string of the molecule is CCN(c1ccc(C#N)nc1)c1cccc(F)c1. The number of hydrogen-bond donors (Lipinski definition) is 0. The van der Waals surface area contributed by atoms with Crippen molar-refractivity contribution in [1.29, 1.82) is 5.26 Å². The Morgan fingerprint density at radius 3 is 2.67 bits per heavy atom. The molecule has 0 saturated carbocycles. The number of anilines is 2. The average molecular weight is 241 g/mol. The van der Waals surface area contributed by atoms with Crippen molar-refractivity contribution < 1.29 is 4.39 Å². The smallest absolute Gasteiger partial charge is 0.140 e. The van der Waals surface area contributed by atoms with Crippen LogP contribution in [0.3, 0.4) is 0 Å². The normalized spacial score (nSPS) is 9.83. The van der Waals surface area contributed by atoms with Crippen LogP contribution in [0.25, 0.3) is 0 Å². The van der Waals surface area contributed by atoms with Gasteiger partial charge in [0.1, 0.15) is 17.6 Å². The van der Waals surface area contributed by atoms with Gasteiger partial charge >= 0.3 is 0 Å². The molecule has 1 heterocycles. The van der Waals surface area contributed by atoms with Gasteiger partial charge in [-0.3, -0.25) is 0 Å². The summed E-state index contributed by atoms with van der Waals surface area (Å²) >= 11 is 0. The van der Waals surface area contributed by atoms with Gasteiger partial charge in [0, 0.05) is 12.2 Å². The summed E-state index contributed by atoms with van der Waals surface area (Å²) in [4.78, 5) is 5.95. The van der Waals surface area contributed by atoms with E-state index in [-0.39, 0.29) is 5.82 Å². The quantitative estimate of drug-likeness (QED) is 0.828. The summed E-state index contributed by atoms with van der Waals surface area (Å²) in [6.45, 7) is 2.67. The minimum Gasteiger partial charge on any atom is -0.340 e. The zero-order valence-electron chi connectivity index (χ0n) is 9.97. The Balaban J connectivity index is 2.36. The van der Waals surface area contributed by atoms with Crippen LogP contribution >= 0.6 is 0 Å². The lowest BCUT2D eigenvalue weighted by molar-refractivity contribution is 0.627. The standard InChI is InChI=1S/C14H12FN3/c1-2-18(13-5-3-4-11(15)8-13)14-7-6-12(9-16)17-10-14/h3-8,10H,2H2,1H3. The molecule has 90 valence electrons. The van der Waals surface area contributed by atoms with Crippen LogP contribution in [0.2, 0.25) is 0 Å². The molecule has 0 bridgehead atoms. The number of pyridine rings is 1. The minimum atomic E-state index is -0.271. The maximum Gasteiger partial charge on any atom is 0.140 e. The molecular weight excluding hydrogens is 229 g/mol. The number of benzene rings is 1. The number of halogens is 1. The molecule has 3 nitrogen and oxygen atoms in total. The van der Waals surface area contributed by atoms with Gasteiger partial charge in [-0.2, -0.15) is 5.26 Å². The molecule has 0 unspecified atom stereocenters. The van der Waals surface area contributed by atoms with Gasteiger partial charge in [0.2, 0.25) is 0 Å². The van der Waals surface area contributed by atoms with E-state index in [0.29, 0.717) is 12.2 Å². The molecule has 0 saturated heterocycles. The highest BCUT2D eigenvalue weighted by molar-refractivity contribution is 5.62. The molecule has 1 aromatic carbocycles. The van der Waals surface area contributed by atoms with Gasteiger partial charge in [0.05, 0.1) is 11.9 Å². The summed E-state index contributed by atoms with van der Waals surface area (Å²) in [5, 5.41) is 8.70. The summed E-state index contributed by atoms with van der Waals surface area (Å²) in [5.41, 5.74) is 1.97. The Morgan fingerprint density at radius 2 is 2.11 bits per heavy atom. The summed E-state index contributed by atoms with van der Waals surface area (Å²) in [6, 6.07) is 11.8. The number of nitrogens with zero attached hydrogens (tertiary/aromatic N) is 3. The van der Waals surface area contributed by atoms with Crippen LogP contribution in [0.5, 0.6) is 0 Å². The summed E-state index contributed by atoms with van der Waals surface area (Å²) in [5.74, 6) is -0.271.